The average Bonchev–Trinajstić information content (AvgIpc) is 2.52. The highest BCUT2D eigenvalue weighted by Crippen LogP contribution is 2.17. The quantitative estimate of drug-likeness (QED) is 0.373. The maximum Gasteiger partial charge on any atom is 0.194 e. The van der Waals surface area contributed by atoms with Crippen molar-refractivity contribution in [3.63, 3.8) is 0 Å². The molecule has 0 unspecified atom stereocenters. The molecule has 0 aromatic heterocycles. The topological polar surface area (TPSA) is 57.1 Å². The van der Waals surface area contributed by atoms with Gasteiger partial charge in [-0.1, -0.05) is 13.8 Å². The van der Waals surface area contributed by atoms with Gasteiger partial charge in [-0.05, 0) is 39.5 Å². The third-order valence-electron chi connectivity index (χ3n) is 4.32. The second kappa shape index (κ2) is 11.5. The van der Waals surface area contributed by atoms with Crippen molar-refractivity contribution in [3.05, 3.63) is 0 Å². The molecule has 6 heteroatoms. The van der Waals surface area contributed by atoms with E-state index in [9.17, 15) is 5.11 Å². The number of nitrogens with zero attached hydrogens (tertiary/aromatic N) is 2. The van der Waals surface area contributed by atoms with Crippen LogP contribution < -0.4 is 5.32 Å². The number of aliphatic hydroxyl groups is 1. The lowest BCUT2D eigenvalue weighted by atomic mass is 9.98. The fourth-order valence-corrected chi connectivity index (χ4v) is 2.59. The molecule has 1 saturated heterocycles. The lowest BCUT2D eigenvalue weighted by molar-refractivity contribution is 0.0255. The fraction of sp³-hybridized carbons (Fsp3) is 0.938. The molecular formula is C16H34IN3O2. The van der Waals surface area contributed by atoms with Crippen molar-refractivity contribution in [2.45, 2.75) is 65.1 Å². The SMILES string of the molecule is CCNC(=NCC(O)(CC)CC)N1CCC(OCC)CC1.I. The molecule has 0 saturated carbocycles. The van der Waals surface area contributed by atoms with Gasteiger partial charge in [-0.15, -0.1) is 24.0 Å². The Hall–Kier alpha value is -0.0800. The number of piperidine rings is 1. The summed E-state index contributed by atoms with van der Waals surface area (Å²) >= 11 is 0. The molecule has 0 aromatic carbocycles. The van der Waals surface area contributed by atoms with E-state index < -0.39 is 5.60 Å². The van der Waals surface area contributed by atoms with Crippen molar-refractivity contribution >= 4 is 29.9 Å². The Bertz CT molecular complexity index is 315. The van der Waals surface area contributed by atoms with Gasteiger partial charge in [0, 0.05) is 26.2 Å². The molecule has 0 aromatic rings. The predicted molar refractivity (Wildman–Crippen MR) is 103 cm³/mol. The van der Waals surface area contributed by atoms with Crippen molar-refractivity contribution in [2.24, 2.45) is 4.99 Å². The summed E-state index contributed by atoms with van der Waals surface area (Å²) in [6.07, 6.45) is 3.95. The highest BCUT2D eigenvalue weighted by molar-refractivity contribution is 14.0. The van der Waals surface area contributed by atoms with Crippen LogP contribution >= 0.6 is 24.0 Å². The molecule has 22 heavy (non-hydrogen) atoms. The number of nitrogens with one attached hydrogen (secondary N) is 1. The third-order valence-corrected chi connectivity index (χ3v) is 4.32. The Morgan fingerprint density at radius 2 is 1.82 bits per heavy atom. The minimum absolute atomic E-state index is 0. The predicted octanol–water partition coefficient (Wildman–Crippen LogP) is 2.62. The van der Waals surface area contributed by atoms with Crippen molar-refractivity contribution in [1.82, 2.24) is 10.2 Å². The van der Waals surface area contributed by atoms with E-state index in [1.165, 1.54) is 0 Å². The highest BCUT2D eigenvalue weighted by Gasteiger charge is 2.24. The van der Waals surface area contributed by atoms with E-state index in [1.54, 1.807) is 0 Å². The molecule has 0 radical (unpaired) electrons. The van der Waals surface area contributed by atoms with E-state index in [2.05, 4.69) is 22.1 Å². The first-order valence-electron chi connectivity index (χ1n) is 8.45. The largest absolute Gasteiger partial charge is 0.388 e. The summed E-state index contributed by atoms with van der Waals surface area (Å²) < 4.78 is 5.69. The summed E-state index contributed by atoms with van der Waals surface area (Å²) in [6.45, 7) is 12.2. The summed E-state index contributed by atoms with van der Waals surface area (Å²) in [4.78, 5) is 6.95. The Kier molecular flexibility index (Phi) is 11.4. The molecule has 1 heterocycles. The van der Waals surface area contributed by atoms with Crippen LogP contribution in [0.4, 0.5) is 0 Å². The minimum Gasteiger partial charge on any atom is -0.388 e. The van der Waals surface area contributed by atoms with E-state index >= 15 is 0 Å². The van der Waals surface area contributed by atoms with Crippen LogP contribution in [0.25, 0.3) is 0 Å². The molecule has 1 rings (SSSR count). The molecule has 0 spiro atoms. The summed E-state index contributed by atoms with van der Waals surface area (Å²) in [5.41, 5.74) is -0.676. The highest BCUT2D eigenvalue weighted by atomic mass is 127. The number of aliphatic imine (C=N–C) groups is 1. The molecule has 132 valence electrons. The standard InChI is InChI=1S/C16H33N3O2.HI/c1-5-16(20,6-2)13-18-15(17-7-3)19-11-9-14(10-12-19)21-8-4;/h14,20H,5-13H2,1-4H3,(H,17,18);1H. The molecular weight excluding hydrogens is 393 g/mol. The Morgan fingerprint density at radius 3 is 2.27 bits per heavy atom. The van der Waals surface area contributed by atoms with Gasteiger partial charge in [-0.25, -0.2) is 0 Å². The van der Waals surface area contributed by atoms with Gasteiger partial charge in [0.1, 0.15) is 0 Å². The van der Waals surface area contributed by atoms with Crippen LogP contribution in [0.15, 0.2) is 4.99 Å². The van der Waals surface area contributed by atoms with Crippen molar-refractivity contribution in [1.29, 1.82) is 0 Å². The zero-order chi connectivity index (χ0) is 15.7. The van der Waals surface area contributed by atoms with Crippen LogP contribution in [0.3, 0.4) is 0 Å². The molecule has 1 aliphatic rings. The first-order valence-corrected chi connectivity index (χ1v) is 8.45. The number of ether oxygens (including phenoxy) is 1. The van der Waals surface area contributed by atoms with Crippen LogP contribution in [0.5, 0.6) is 0 Å². The Labute approximate surface area is 152 Å². The minimum atomic E-state index is -0.676. The molecule has 0 aliphatic carbocycles. The fourth-order valence-electron chi connectivity index (χ4n) is 2.59. The summed E-state index contributed by atoms with van der Waals surface area (Å²) in [6, 6.07) is 0. The molecule has 0 bridgehead atoms. The van der Waals surface area contributed by atoms with Gasteiger partial charge < -0.3 is 20.1 Å². The van der Waals surface area contributed by atoms with Crippen LogP contribution in [0.1, 0.15) is 53.4 Å². The zero-order valence-corrected chi connectivity index (χ0v) is 16.9. The van der Waals surface area contributed by atoms with Crippen molar-refractivity contribution in [3.8, 4) is 0 Å². The molecule has 2 N–H and O–H groups in total. The first-order chi connectivity index (χ1) is 10.1. The number of hydrogen-bond acceptors (Lipinski definition) is 3. The van der Waals surface area contributed by atoms with Gasteiger partial charge >= 0.3 is 0 Å². The maximum absolute atomic E-state index is 10.4. The van der Waals surface area contributed by atoms with E-state index in [0.29, 0.717) is 12.6 Å². The second-order valence-corrected chi connectivity index (χ2v) is 5.74. The monoisotopic (exact) mass is 427 g/mol. The van der Waals surface area contributed by atoms with Gasteiger partial charge in [0.15, 0.2) is 5.96 Å². The van der Waals surface area contributed by atoms with Crippen LogP contribution in [-0.2, 0) is 4.74 Å². The Morgan fingerprint density at radius 1 is 1.23 bits per heavy atom. The van der Waals surface area contributed by atoms with Crippen LogP contribution in [0.2, 0.25) is 0 Å². The number of halogens is 1. The zero-order valence-electron chi connectivity index (χ0n) is 14.6. The number of hydrogen-bond donors (Lipinski definition) is 2. The number of guanidine groups is 1. The van der Waals surface area contributed by atoms with Crippen molar-refractivity contribution in [2.75, 3.05) is 32.8 Å². The second-order valence-electron chi connectivity index (χ2n) is 5.74. The molecule has 1 aliphatic heterocycles. The molecule has 1 fully saturated rings. The van der Waals surface area contributed by atoms with Crippen LogP contribution in [-0.4, -0.2) is 60.5 Å². The Balaban J connectivity index is 0.00000441. The van der Waals surface area contributed by atoms with Gasteiger partial charge in [-0.3, -0.25) is 4.99 Å². The first kappa shape index (κ1) is 21.9. The lowest BCUT2D eigenvalue weighted by Gasteiger charge is -2.34. The summed E-state index contributed by atoms with van der Waals surface area (Å²) in [5, 5.41) is 13.7. The average molecular weight is 427 g/mol. The summed E-state index contributed by atoms with van der Waals surface area (Å²) in [7, 11) is 0. The van der Waals surface area contributed by atoms with Gasteiger partial charge in [0.25, 0.3) is 0 Å². The van der Waals surface area contributed by atoms with E-state index in [-0.39, 0.29) is 24.0 Å². The van der Waals surface area contributed by atoms with Crippen LogP contribution in [0, 0.1) is 0 Å². The van der Waals surface area contributed by atoms with E-state index in [0.717, 1.165) is 57.9 Å². The van der Waals surface area contributed by atoms with Gasteiger partial charge in [-0.2, -0.15) is 0 Å². The maximum atomic E-state index is 10.4. The molecule has 0 amide bonds. The smallest absolute Gasteiger partial charge is 0.194 e. The van der Waals surface area contributed by atoms with Gasteiger partial charge in [0.2, 0.25) is 0 Å². The lowest BCUT2D eigenvalue weighted by Crippen LogP contribution is -2.47. The van der Waals surface area contributed by atoms with E-state index in [1.807, 2.05) is 20.8 Å². The normalized spacial score (nSPS) is 17.3. The third kappa shape index (κ3) is 7.00. The summed E-state index contributed by atoms with van der Waals surface area (Å²) in [5.74, 6) is 0.924. The number of likely N-dealkylation sites (tertiary alicyclic amines) is 1. The van der Waals surface area contributed by atoms with Gasteiger partial charge in [0.05, 0.1) is 18.2 Å². The molecule has 0 atom stereocenters. The van der Waals surface area contributed by atoms with E-state index in [4.69, 9.17) is 4.74 Å². The number of rotatable bonds is 7. The van der Waals surface area contributed by atoms with Crippen molar-refractivity contribution < 1.29 is 9.84 Å². The molecule has 5 nitrogen and oxygen atoms in total.